The topological polar surface area (TPSA) is 63.4 Å². The minimum atomic E-state index is -0.428. The van der Waals surface area contributed by atoms with E-state index in [9.17, 15) is 15.2 Å². The fourth-order valence-electron chi connectivity index (χ4n) is 2.00. The van der Waals surface area contributed by atoms with Gasteiger partial charge in [0.05, 0.1) is 5.92 Å². The number of aromatic hydroxyl groups is 1. The van der Waals surface area contributed by atoms with Crippen LogP contribution in [0.4, 0.5) is 0 Å². The summed E-state index contributed by atoms with van der Waals surface area (Å²) in [6, 6.07) is 15.9. The molecule has 1 atom stereocenters. The van der Waals surface area contributed by atoms with Crippen molar-refractivity contribution in [3.05, 3.63) is 75.8 Å². The van der Waals surface area contributed by atoms with Gasteiger partial charge in [-0.25, -0.2) is 0 Å². The quantitative estimate of drug-likeness (QED) is 0.663. The predicted molar refractivity (Wildman–Crippen MR) is 68.3 cm³/mol. The normalized spacial score (nSPS) is 12.0. The minimum Gasteiger partial charge on any atom is -0.508 e. The molecule has 0 aromatic heterocycles. The minimum absolute atomic E-state index is 0.0909. The van der Waals surface area contributed by atoms with E-state index in [1.54, 1.807) is 24.3 Å². The standard InChI is InChI=1S/C14H13NO3/c16-14-9-5-4-8-12(14)13(10-15(17)18)11-6-2-1-3-7-11/h1-9,13,16H,10H2. The number of phenolic OH excluding ortho intramolecular Hbond substituents is 1. The molecule has 0 heterocycles. The van der Waals surface area contributed by atoms with E-state index >= 15 is 0 Å². The van der Waals surface area contributed by atoms with Gasteiger partial charge in [-0.1, -0.05) is 48.5 Å². The smallest absolute Gasteiger partial charge is 0.214 e. The molecule has 0 amide bonds. The van der Waals surface area contributed by atoms with Crippen molar-refractivity contribution >= 4 is 0 Å². The first kappa shape index (κ1) is 12.1. The molecule has 0 spiro atoms. The van der Waals surface area contributed by atoms with Crippen LogP contribution in [0.5, 0.6) is 5.75 Å². The van der Waals surface area contributed by atoms with Crippen molar-refractivity contribution in [2.45, 2.75) is 5.92 Å². The zero-order chi connectivity index (χ0) is 13.0. The SMILES string of the molecule is O=[N+]([O-])CC(c1ccccc1)c1ccccc1O. The van der Waals surface area contributed by atoms with Crippen molar-refractivity contribution in [1.82, 2.24) is 0 Å². The van der Waals surface area contributed by atoms with E-state index in [0.29, 0.717) is 5.56 Å². The highest BCUT2D eigenvalue weighted by Gasteiger charge is 2.22. The second-order valence-corrected chi connectivity index (χ2v) is 4.04. The Labute approximate surface area is 105 Å². The number of para-hydroxylation sites is 1. The van der Waals surface area contributed by atoms with Gasteiger partial charge in [0.15, 0.2) is 0 Å². The summed E-state index contributed by atoms with van der Waals surface area (Å²) in [7, 11) is 0. The molecule has 1 N–H and O–H groups in total. The van der Waals surface area contributed by atoms with Gasteiger partial charge in [0, 0.05) is 10.5 Å². The number of nitro groups is 1. The Morgan fingerprint density at radius 2 is 1.67 bits per heavy atom. The number of phenols is 1. The van der Waals surface area contributed by atoms with Crippen LogP contribution in [0.2, 0.25) is 0 Å². The molecular weight excluding hydrogens is 230 g/mol. The summed E-state index contributed by atoms with van der Waals surface area (Å²) in [5.74, 6) is -0.337. The molecule has 0 saturated carbocycles. The number of nitrogens with zero attached hydrogens (tertiary/aromatic N) is 1. The number of hydrogen-bond acceptors (Lipinski definition) is 3. The second-order valence-electron chi connectivity index (χ2n) is 4.04. The summed E-state index contributed by atoms with van der Waals surface area (Å²) in [5, 5.41) is 20.6. The van der Waals surface area contributed by atoms with E-state index in [2.05, 4.69) is 0 Å². The summed E-state index contributed by atoms with van der Waals surface area (Å²) >= 11 is 0. The number of rotatable bonds is 4. The molecule has 0 fully saturated rings. The Morgan fingerprint density at radius 3 is 2.28 bits per heavy atom. The third-order valence-corrected chi connectivity index (χ3v) is 2.85. The Kier molecular flexibility index (Phi) is 3.57. The van der Waals surface area contributed by atoms with E-state index in [1.165, 1.54) is 0 Å². The summed E-state index contributed by atoms with van der Waals surface area (Å²) in [6.45, 7) is -0.235. The molecule has 18 heavy (non-hydrogen) atoms. The van der Waals surface area contributed by atoms with Crippen molar-refractivity contribution in [3.63, 3.8) is 0 Å². The molecule has 0 bridgehead atoms. The lowest BCUT2D eigenvalue weighted by Crippen LogP contribution is -2.14. The van der Waals surface area contributed by atoms with Crippen LogP contribution < -0.4 is 0 Å². The van der Waals surface area contributed by atoms with Gasteiger partial charge in [-0.15, -0.1) is 0 Å². The van der Waals surface area contributed by atoms with Gasteiger partial charge in [-0.2, -0.15) is 0 Å². The van der Waals surface area contributed by atoms with E-state index in [0.717, 1.165) is 5.56 Å². The zero-order valence-electron chi connectivity index (χ0n) is 9.69. The van der Waals surface area contributed by atoms with Crippen LogP contribution in [0.3, 0.4) is 0 Å². The van der Waals surface area contributed by atoms with Crippen LogP contribution in [-0.2, 0) is 0 Å². The molecule has 1 unspecified atom stereocenters. The molecule has 2 aromatic carbocycles. The van der Waals surface area contributed by atoms with Crippen LogP contribution in [-0.4, -0.2) is 16.6 Å². The fraction of sp³-hybridized carbons (Fsp3) is 0.143. The van der Waals surface area contributed by atoms with E-state index in [-0.39, 0.29) is 17.2 Å². The van der Waals surface area contributed by atoms with Crippen molar-refractivity contribution < 1.29 is 10.0 Å². The maximum atomic E-state index is 10.8. The monoisotopic (exact) mass is 243 g/mol. The average molecular weight is 243 g/mol. The van der Waals surface area contributed by atoms with Gasteiger partial charge in [-0.3, -0.25) is 10.1 Å². The molecule has 4 nitrogen and oxygen atoms in total. The van der Waals surface area contributed by atoms with Crippen LogP contribution in [0, 0.1) is 10.1 Å². The molecule has 2 rings (SSSR count). The number of hydrogen-bond donors (Lipinski definition) is 1. The summed E-state index contributed by atoms with van der Waals surface area (Å²) in [4.78, 5) is 10.4. The molecule has 0 aliphatic carbocycles. The third-order valence-electron chi connectivity index (χ3n) is 2.85. The first-order chi connectivity index (χ1) is 8.68. The summed E-state index contributed by atoms with van der Waals surface area (Å²) in [6.07, 6.45) is 0. The first-order valence-electron chi connectivity index (χ1n) is 5.63. The van der Waals surface area contributed by atoms with E-state index in [4.69, 9.17) is 0 Å². The van der Waals surface area contributed by atoms with Crippen LogP contribution in [0.15, 0.2) is 54.6 Å². The molecule has 0 saturated heterocycles. The average Bonchev–Trinajstić information content (AvgIpc) is 2.38. The van der Waals surface area contributed by atoms with Crippen molar-refractivity contribution in [1.29, 1.82) is 0 Å². The summed E-state index contributed by atoms with van der Waals surface area (Å²) < 4.78 is 0. The highest BCUT2D eigenvalue weighted by atomic mass is 16.6. The molecule has 92 valence electrons. The van der Waals surface area contributed by atoms with Crippen LogP contribution in [0.25, 0.3) is 0 Å². The van der Waals surface area contributed by atoms with Crippen molar-refractivity contribution in [3.8, 4) is 5.75 Å². The Balaban J connectivity index is 2.44. The van der Waals surface area contributed by atoms with Gasteiger partial charge < -0.3 is 5.11 Å². The maximum Gasteiger partial charge on any atom is 0.214 e. The largest absolute Gasteiger partial charge is 0.508 e. The molecule has 4 heteroatoms. The molecule has 0 radical (unpaired) electrons. The first-order valence-corrected chi connectivity index (χ1v) is 5.63. The lowest BCUT2D eigenvalue weighted by Gasteiger charge is -2.14. The van der Waals surface area contributed by atoms with Crippen molar-refractivity contribution in [2.75, 3.05) is 6.54 Å². The fourth-order valence-corrected chi connectivity index (χ4v) is 2.00. The maximum absolute atomic E-state index is 10.8. The van der Waals surface area contributed by atoms with E-state index < -0.39 is 5.92 Å². The second kappa shape index (κ2) is 5.31. The molecule has 0 aliphatic rings. The predicted octanol–water partition coefficient (Wildman–Crippen LogP) is 2.80. The Morgan fingerprint density at radius 1 is 1.06 bits per heavy atom. The molecule has 2 aromatic rings. The summed E-state index contributed by atoms with van der Waals surface area (Å²) in [5.41, 5.74) is 1.41. The molecular formula is C14H13NO3. The van der Waals surface area contributed by atoms with Crippen molar-refractivity contribution in [2.24, 2.45) is 0 Å². The molecule has 0 aliphatic heterocycles. The lowest BCUT2D eigenvalue weighted by molar-refractivity contribution is -0.481. The Hall–Kier alpha value is -2.36. The van der Waals surface area contributed by atoms with Crippen LogP contribution in [0.1, 0.15) is 17.0 Å². The van der Waals surface area contributed by atoms with Crippen LogP contribution >= 0.6 is 0 Å². The lowest BCUT2D eigenvalue weighted by atomic mass is 9.91. The highest BCUT2D eigenvalue weighted by Crippen LogP contribution is 2.31. The number of benzene rings is 2. The van der Waals surface area contributed by atoms with Gasteiger partial charge in [0.25, 0.3) is 0 Å². The van der Waals surface area contributed by atoms with Gasteiger partial charge in [0.1, 0.15) is 5.75 Å². The van der Waals surface area contributed by atoms with E-state index in [1.807, 2.05) is 30.3 Å². The third kappa shape index (κ3) is 2.66. The van der Waals surface area contributed by atoms with Gasteiger partial charge in [0.2, 0.25) is 6.54 Å². The van der Waals surface area contributed by atoms with Gasteiger partial charge >= 0.3 is 0 Å². The highest BCUT2D eigenvalue weighted by molar-refractivity contribution is 5.41. The van der Waals surface area contributed by atoms with Gasteiger partial charge in [-0.05, 0) is 11.6 Å². The zero-order valence-corrected chi connectivity index (χ0v) is 9.69. The Bertz CT molecular complexity index is 540.